The van der Waals surface area contributed by atoms with E-state index < -0.39 is 0 Å². The van der Waals surface area contributed by atoms with E-state index in [1.54, 1.807) is 24.8 Å². The van der Waals surface area contributed by atoms with Gasteiger partial charge in [-0.05, 0) is 30.7 Å². The average molecular weight is 299 g/mol. The van der Waals surface area contributed by atoms with Crippen LogP contribution in [0.2, 0.25) is 0 Å². The van der Waals surface area contributed by atoms with Gasteiger partial charge in [-0.15, -0.1) is 0 Å². The Labute approximate surface area is 125 Å². The van der Waals surface area contributed by atoms with Crippen LogP contribution in [-0.4, -0.2) is 31.6 Å². The fourth-order valence-electron chi connectivity index (χ4n) is 1.90. The molecule has 0 radical (unpaired) electrons. The van der Waals surface area contributed by atoms with Crippen LogP contribution in [0.4, 0.5) is 5.69 Å². The van der Waals surface area contributed by atoms with Gasteiger partial charge in [-0.2, -0.15) is 0 Å². The van der Waals surface area contributed by atoms with Gasteiger partial charge in [-0.3, -0.25) is 4.79 Å². The van der Waals surface area contributed by atoms with Crippen molar-refractivity contribution >= 4 is 34.4 Å². The fourth-order valence-corrected chi connectivity index (χ4v) is 2.50. The smallest absolute Gasteiger partial charge is 0.234 e. The van der Waals surface area contributed by atoms with Crippen molar-refractivity contribution in [1.29, 1.82) is 0 Å². The number of anilines is 1. The minimum Gasteiger partial charge on any atom is -0.345 e. The molecule has 3 rings (SSSR count). The summed E-state index contributed by atoms with van der Waals surface area (Å²) in [6.07, 6.45) is 4.95. The number of hydrogen-bond donors (Lipinski definition) is 2. The zero-order chi connectivity index (χ0) is 14.7. The topological polar surface area (TPSA) is 83.6 Å². The number of fused-ring (bicyclic) bond motifs is 1. The molecular weight excluding hydrogens is 286 g/mol. The summed E-state index contributed by atoms with van der Waals surface area (Å²) >= 11 is 1.30. The molecule has 0 aliphatic rings. The van der Waals surface area contributed by atoms with E-state index in [4.69, 9.17) is 0 Å². The Morgan fingerprint density at radius 3 is 2.90 bits per heavy atom. The van der Waals surface area contributed by atoms with E-state index in [0.29, 0.717) is 5.16 Å². The summed E-state index contributed by atoms with van der Waals surface area (Å²) in [5, 5.41) is 3.48. The number of H-pyrrole nitrogens is 1. The van der Waals surface area contributed by atoms with Gasteiger partial charge in [-0.25, -0.2) is 15.0 Å². The van der Waals surface area contributed by atoms with Crippen LogP contribution in [0.15, 0.2) is 42.1 Å². The first kappa shape index (κ1) is 13.6. The maximum Gasteiger partial charge on any atom is 0.234 e. The van der Waals surface area contributed by atoms with Crippen LogP contribution in [0, 0.1) is 6.92 Å². The van der Waals surface area contributed by atoms with Crippen molar-refractivity contribution in [3.05, 3.63) is 42.5 Å². The molecule has 2 aromatic heterocycles. The van der Waals surface area contributed by atoms with Crippen molar-refractivity contribution in [2.75, 3.05) is 11.1 Å². The van der Waals surface area contributed by atoms with Crippen molar-refractivity contribution < 1.29 is 4.79 Å². The number of benzene rings is 1. The molecule has 1 amide bonds. The van der Waals surface area contributed by atoms with Crippen LogP contribution < -0.4 is 5.32 Å². The number of imidazole rings is 1. The molecule has 0 unspecified atom stereocenters. The molecule has 0 fully saturated rings. The van der Waals surface area contributed by atoms with Gasteiger partial charge in [-0.1, -0.05) is 11.8 Å². The number of aromatic nitrogens is 4. The highest BCUT2D eigenvalue weighted by atomic mass is 32.2. The number of nitrogens with zero attached hydrogens (tertiary/aromatic N) is 3. The fraction of sp³-hybridized carbons (Fsp3) is 0.143. The zero-order valence-corrected chi connectivity index (χ0v) is 12.1. The van der Waals surface area contributed by atoms with Gasteiger partial charge in [0.1, 0.15) is 0 Å². The van der Waals surface area contributed by atoms with Crippen molar-refractivity contribution in [2.24, 2.45) is 0 Å². The van der Waals surface area contributed by atoms with Crippen LogP contribution in [0.1, 0.15) is 5.56 Å². The molecule has 0 saturated heterocycles. The Balaban J connectivity index is 1.67. The van der Waals surface area contributed by atoms with Gasteiger partial charge in [0.15, 0.2) is 5.16 Å². The number of rotatable bonds is 4. The average Bonchev–Trinajstić information content (AvgIpc) is 2.94. The molecule has 0 aliphatic carbocycles. The lowest BCUT2D eigenvalue weighted by Crippen LogP contribution is -2.15. The normalized spacial score (nSPS) is 10.7. The minimum absolute atomic E-state index is 0.0922. The number of aromatic amines is 1. The minimum atomic E-state index is -0.0922. The molecule has 6 nitrogen and oxygen atoms in total. The molecule has 0 saturated carbocycles. The highest BCUT2D eigenvalue weighted by Gasteiger charge is 2.08. The monoisotopic (exact) mass is 299 g/mol. The highest BCUT2D eigenvalue weighted by Crippen LogP contribution is 2.21. The number of amides is 1. The number of thioether (sulfide) groups is 1. The van der Waals surface area contributed by atoms with E-state index in [0.717, 1.165) is 22.3 Å². The Bertz CT molecular complexity index is 771. The molecule has 0 aliphatic heterocycles. The Hall–Kier alpha value is -2.41. The number of hydrogen-bond acceptors (Lipinski definition) is 5. The number of carbonyl (C=O) groups excluding carboxylic acids is 1. The van der Waals surface area contributed by atoms with Gasteiger partial charge in [0.05, 0.1) is 23.1 Å². The third kappa shape index (κ3) is 3.19. The highest BCUT2D eigenvalue weighted by molar-refractivity contribution is 7.99. The predicted octanol–water partition coefficient (Wildman–Crippen LogP) is 2.39. The standard InChI is InChI=1S/C14H13N5OS/c1-9-5-11-12(18-8-17-11)6-10(9)19-13(20)7-21-14-15-3-2-4-16-14/h2-6,8H,7H2,1H3,(H,17,18)(H,19,20). The van der Waals surface area contributed by atoms with Gasteiger partial charge in [0.25, 0.3) is 0 Å². The third-order valence-corrected chi connectivity index (χ3v) is 3.79. The first-order chi connectivity index (χ1) is 10.2. The Morgan fingerprint density at radius 1 is 1.29 bits per heavy atom. The molecule has 0 atom stereocenters. The van der Waals surface area contributed by atoms with Crippen molar-refractivity contribution in [3.63, 3.8) is 0 Å². The van der Waals surface area contributed by atoms with Gasteiger partial charge in [0.2, 0.25) is 5.91 Å². The van der Waals surface area contributed by atoms with E-state index in [1.807, 2.05) is 19.1 Å². The van der Waals surface area contributed by atoms with Crippen LogP contribution in [0.25, 0.3) is 11.0 Å². The van der Waals surface area contributed by atoms with E-state index >= 15 is 0 Å². The summed E-state index contributed by atoms with van der Waals surface area (Å²) in [7, 11) is 0. The summed E-state index contributed by atoms with van der Waals surface area (Å²) in [6.45, 7) is 1.95. The first-order valence-corrected chi connectivity index (χ1v) is 7.34. The molecule has 0 bridgehead atoms. The maximum absolute atomic E-state index is 12.0. The molecule has 1 aromatic carbocycles. The number of carbonyl (C=O) groups is 1. The largest absolute Gasteiger partial charge is 0.345 e. The summed E-state index contributed by atoms with van der Waals surface area (Å²) in [5.74, 6) is 0.174. The third-order valence-electron chi connectivity index (χ3n) is 2.91. The second kappa shape index (κ2) is 5.92. The summed E-state index contributed by atoms with van der Waals surface area (Å²) in [4.78, 5) is 27.4. The second-order valence-corrected chi connectivity index (χ2v) is 5.40. The second-order valence-electron chi connectivity index (χ2n) is 4.46. The summed E-state index contributed by atoms with van der Waals surface area (Å²) < 4.78 is 0. The summed E-state index contributed by atoms with van der Waals surface area (Å²) in [5.41, 5.74) is 3.54. The van der Waals surface area contributed by atoms with Crippen molar-refractivity contribution in [1.82, 2.24) is 19.9 Å². The first-order valence-electron chi connectivity index (χ1n) is 6.36. The zero-order valence-electron chi connectivity index (χ0n) is 11.3. The van der Waals surface area contributed by atoms with Crippen LogP contribution in [-0.2, 0) is 4.79 Å². The van der Waals surface area contributed by atoms with Crippen molar-refractivity contribution in [2.45, 2.75) is 12.1 Å². The van der Waals surface area contributed by atoms with Gasteiger partial charge >= 0.3 is 0 Å². The summed E-state index contributed by atoms with van der Waals surface area (Å²) in [6, 6.07) is 5.57. The molecule has 106 valence electrons. The number of aryl methyl sites for hydroxylation is 1. The van der Waals surface area contributed by atoms with E-state index in [9.17, 15) is 4.79 Å². The van der Waals surface area contributed by atoms with E-state index in [2.05, 4.69) is 25.3 Å². The van der Waals surface area contributed by atoms with E-state index in [-0.39, 0.29) is 11.7 Å². The lowest BCUT2D eigenvalue weighted by molar-refractivity contribution is -0.113. The lowest BCUT2D eigenvalue weighted by atomic mass is 10.2. The molecule has 21 heavy (non-hydrogen) atoms. The van der Waals surface area contributed by atoms with Crippen LogP contribution in [0.5, 0.6) is 0 Å². The van der Waals surface area contributed by atoms with Gasteiger partial charge < -0.3 is 10.3 Å². The molecule has 2 N–H and O–H groups in total. The molecule has 0 spiro atoms. The van der Waals surface area contributed by atoms with Gasteiger partial charge in [0, 0.05) is 18.1 Å². The molecule has 7 heteroatoms. The Kier molecular flexibility index (Phi) is 3.83. The van der Waals surface area contributed by atoms with Crippen molar-refractivity contribution in [3.8, 4) is 0 Å². The number of nitrogens with one attached hydrogen (secondary N) is 2. The molecular formula is C14H13N5OS. The van der Waals surface area contributed by atoms with Crippen LogP contribution in [0.3, 0.4) is 0 Å². The predicted molar refractivity (Wildman–Crippen MR) is 82.2 cm³/mol. The molecule has 3 aromatic rings. The van der Waals surface area contributed by atoms with Crippen LogP contribution >= 0.6 is 11.8 Å². The lowest BCUT2D eigenvalue weighted by Gasteiger charge is -2.08. The Morgan fingerprint density at radius 2 is 2.10 bits per heavy atom. The quantitative estimate of drug-likeness (QED) is 0.571. The molecule has 2 heterocycles. The van der Waals surface area contributed by atoms with E-state index in [1.165, 1.54) is 11.8 Å². The SMILES string of the molecule is Cc1cc2[nH]cnc2cc1NC(=O)CSc1ncccn1. The maximum atomic E-state index is 12.0.